The molecule has 0 aromatic rings. The van der Waals surface area contributed by atoms with Gasteiger partial charge in [0.2, 0.25) is 0 Å². The first-order valence-electron chi connectivity index (χ1n) is 7.79. The van der Waals surface area contributed by atoms with Crippen LogP contribution >= 0.6 is 0 Å². The van der Waals surface area contributed by atoms with Crippen LogP contribution in [-0.2, 0) is 4.74 Å². The van der Waals surface area contributed by atoms with Gasteiger partial charge in [-0.25, -0.2) is 0 Å². The van der Waals surface area contributed by atoms with Crippen molar-refractivity contribution in [1.82, 2.24) is 0 Å². The van der Waals surface area contributed by atoms with E-state index in [4.69, 9.17) is 4.74 Å². The SMILES string of the molecule is CC1(C)C2CCC(C2)C1COC1CCCCC1. The number of rotatable bonds is 3. The van der Waals surface area contributed by atoms with E-state index in [0.29, 0.717) is 11.5 Å². The summed E-state index contributed by atoms with van der Waals surface area (Å²) in [5.74, 6) is 2.83. The van der Waals surface area contributed by atoms with Crippen molar-refractivity contribution in [3.05, 3.63) is 0 Å². The van der Waals surface area contributed by atoms with Crippen molar-refractivity contribution in [2.45, 2.75) is 71.3 Å². The summed E-state index contributed by atoms with van der Waals surface area (Å²) in [6.07, 6.45) is 11.9. The molecule has 1 heteroatoms. The Morgan fingerprint density at radius 1 is 1.00 bits per heavy atom. The minimum absolute atomic E-state index is 0.553. The molecule has 98 valence electrons. The Labute approximate surface area is 106 Å². The van der Waals surface area contributed by atoms with Crippen LogP contribution in [0.2, 0.25) is 0 Å². The fourth-order valence-electron chi connectivity index (χ4n) is 4.79. The van der Waals surface area contributed by atoms with E-state index in [1.165, 1.54) is 51.4 Å². The number of ether oxygens (including phenoxy) is 1. The van der Waals surface area contributed by atoms with Gasteiger partial charge in [-0.1, -0.05) is 33.1 Å². The van der Waals surface area contributed by atoms with Crippen LogP contribution in [-0.4, -0.2) is 12.7 Å². The second-order valence-electron chi connectivity index (χ2n) is 7.29. The summed E-state index contributed by atoms with van der Waals surface area (Å²) in [6, 6.07) is 0. The van der Waals surface area contributed by atoms with E-state index in [0.717, 1.165) is 24.4 Å². The zero-order valence-electron chi connectivity index (χ0n) is 11.6. The Hall–Kier alpha value is -0.0400. The summed E-state index contributed by atoms with van der Waals surface area (Å²) < 4.78 is 6.26. The van der Waals surface area contributed by atoms with Gasteiger partial charge < -0.3 is 4.74 Å². The second-order valence-corrected chi connectivity index (χ2v) is 7.29. The first-order chi connectivity index (χ1) is 8.18. The van der Waals surface area contributed by atoms with E-state index in [1.807, 2.05) is 0 Å². The van der Waals surface area contributed by atoms with Crippen LogP contribution in [0.4, 0.5) is 0 Å². The van der Waals surface area contributed by atoms with Gasteiger partial charge in [0.05, 0.1) is 12.7 Å². The predicted molar refractivity (Wildman–Crippen MR) is 70.9 cm³/mol. The normalized spacial score (nSPS) is 40.9. The minimum atomic E-state index is 0.553. The van der Waals surface area contributed by atoms with E-state index in [1.54, 1.807) is 0 Å². The molecule has 3 unspecified atom stereocenters. The number of fused-ring (bicyclic) bond motifs is 2. The van der Waals surface area contributed by atoms with Gasteiger partial charge in [0.25, 0.3) is 0 Å². The zero-order chi connectivity index (χ0) is 11.9. The average molecular weight is 236 g/mol. The third-order valence-corrected chi connectivity index (χ3v) is 6.11. The molecule has 3 aliphatic rings. The molecular weight excluding hydrogens is 208 g/mol. The van der Waals surface area contributed by atoms with Crippen LogP contribution in [0.1, 0.15) is 65.2 Å². The molecule has 0 saturated heterocycles. The van der Waals surface area contributed by atoms with Gasteiger partial charge >= 0.3 is 0 Å². The maximum Gasteiger partial charge on any atom is 0.0575 e. The Balaban J connectivity index is 1.54. The molecule has 3 aliphatic carbocycles. The average Bonchev–Trinajstić information content (AvgIpc) is 2.87. The molecule has 17 heavy (non-hydrogen) atoms. The van der Waals surface area contributed by atoms with Gasteiger partial charge in [0.1, 0.15) is 0 Å². The standard InChI is InChI=1S/C16H28O/c1-16(2)13-9-8-12(10-13)15(16)11-17-14-6-4-3-5-7-14/h12-15H,3-11H2,1-2H3. The maximum absolute atomic E-state index is 6.26. The van der Waals surface area contributed by atoms with Crippen LogP contribution in [0.3, 0.4) is 0 Å². The topological polar surface area (TPSA) is 9.23 Å². The molecule has 3 rings (SSSR count). The molecule has 0 heterocycles. The third kappa shape index (κ3) is 2.16. The largest absolute Gasteiger partial charge is 0.378 e. The second kappa shape index (κ2) is 4.57. The van der Waals surface area contributed by atoms with Crippen molar-refractivity contribution in [2.24, 2.45) is 23.2 Å². The molecule has 0 amide bonds. The van der Waals surface area contributed by atoms with E-state index in [9.17, 15) is 0 Å². The highest BCUT2D eigenvalue weighted by atomic mass is 16.5. The Kier molecular flexibility index (Phi) is 3.23. The molecule has 0 radical (unpaired) electrons. The third-order valence-electron chi connectivity index (χ3n) is 6.11. The first kappa shape index (κ1) is 12.0. The summed E-state index contributed by atoms with van der Waals surface area (Å²) in [4.78, 5) is 0. The molecule has 3 saturated carbocycles. The highest BCUT2D eigenvalue weighted by Crippen LogP contribution is 2.59. The van der Waals surface area contributed by atoms with Crippen molar-refractivity contribution in [1.29, 1.82) is 0 Å². The Bertz CT molecular complexity index is 265. The molecule has 0 aromatic heterocycles. The first-order valence-corrected chi connectivity index (χ1v) is 7.79. The van der Waals surface area contributed by atoms with E-state index in [-0.39, 0.29) is 0 Å². The summed E-state index contributed by atoms with van der Waals surface area (Å²) in [5.41, 5.74) is 0.553. The molecule has 1 nitrogen and oxygen atoms in total. The molecule has 3 atom stereocenters. The molecular formula is C16H28O. The van der Waals surface area contributed by atoms with E-state index in [2.05, 4.69) is 13.8 Å². The van der Waals surface area contributed by atoms with Crippen LogP contribution in [0.15, 0.2) is 0 Å². The molecule has 0 aromatic carbocycles. The van der Waals surface area contributed by atoms with Crippen molar-refractivity contribution >= 4 is 0 Å². The van der Waals surface area contributed by atoms with Crippen molar-refractivity contribution in [2.75, 3.05) is 6.61 Å². The van der Waals surface area contributed by atoms with E-state index < -0.39 is 0 Å². The highest BCUT2D eigenvalue weighted by Gasteiger charge is 2.52. The van der Waals surface area contributed by atoms with Crippen LogP contribution in [0.5, 0.6) is 0 Å². The van der Waals surface area contributed by atoms with Crippen LogP contribution in [0.25, 0.3) is 0 Å². The van der Waals surface area contributed by atoms with Gasteiger partial charge in [-0.15, -0.1) is 0 Å². The van der Waals surface area contributed by atoms with Crippen LogP contribution in [0, 0.1) is 23.2 Å². The number of hydrogen-bond donors (Lipinski definition) is 0. The highest BCUT2D eigenvalue weighted by molar-refractivity contribution is 5.01. The monoisotopic (exact) mass is 236 g/mol. The number of hydrogen-bond acceptors (Lipinski definition) is 1. The molecule has 0 N–H and O–H groups in total. The summed E-state index contributed by atoms with van der Waals surface area (Å²) >= 11 is 0. The molecule has 0 aliphatic heterocycles. The van der Waals surface area contributed by atoms with Crippen molar-refractivity contribution in [3.63, 3.8) is 0 Å². The lowest BCUT2D eigenvalue weighted by Crippen LogP contribution is -2.35. The predicted octanol–water partition coefficient (Wildman–Crippen LogP) is 4.41. The van der Waals surface area contributed by atoms with Gasteiger partial charge in [0, 0.05) is 0 Å². The van der Waals surface area contributed by atoms with Gasteiger partial charge in [-0.3, -0.25) is 0 Å². The summed E-state index contributed by atoms with van der Waals surface area (Å²) in [5, 5.41) is 0. The lowest BCUT2D eigenvalue weighted by Gasteiger charge is -2.39. The smallest absolute Gasteiger partial charge is 0.0575 e. The zero-order valence-corrected chi connectivity index (χ0v) is 11.6. The molecule has 3 fully saturated rings. The minimum Gasteiger partial charge on any atom is -0.378 e. The van der Waals surface area contributed by atoms with Gasteiger partial charge in [0.15, 0.2) is 0 Å². The summed E-state index contributed by atoms with van der Waals surface area (Å²) in [6.45, 7) is 6.04. The fraction of sp³-hybridized carbons (Fsp3) is 1.00. The van der Waals surface area contributed by atoms with Crippen LogP contribution < -0.4 is 0 Å². The lowest BCUT2D eigenvalue weighted by atomic mass is 9.69. The maximum atomic E-state index is 6.26. The summed E-state index contributed by atoms with van der Waals surface area (Å²) in [7, 11) is 0. The van der Waals surface area contributed by atoms with Gasteiger partial charge in [-0.05, 0) is 55.3 Å². The quantitative estimate of drug-likeness (QED) is 0.705. The van der Waals surface area contributed by atoms with E-state index >= 15 is 0 Å². The fourth-order valence-corrected chi connectivity index (χ4v) is 4.79. The van der Waals surface area contributed by atoms with Gasteiger partial charge in [-0.2, -0.15) is 0 Å². The molecule has 0 spiro atoms. The Morgan fingerprint density at radius 2 is 1.76 bits per heavy atom. The molecule has 2 bridgehead atoms. The van der Waals surface area contributed by atoms with Crippen molar-refractivity contribution < 1.29 is 4.74 Å². The van der Waals surface area contributed by atoms with Crippen molar-refractivity contribution in [3.8, 4) is 0 Å². The Morgan fingerprint density at radius 3 is 2.41 bits per heavy atom. The lowest BCUT2D eigenvalue weighted by molar-refractivity contribution is -0.0344.